The van der Waals surface area contributed by atoms with Crippen LogP contribution in [0.5, 0.6) is 23.0 Å². The van der Waals surface area contributed by atoms with Crippen LogP contribution in [0.15, 0.2) is 84.9 Å². The van der Waals surface area contributed by atoms with Crippen molar-refractivity contribution in [3.8, 4) is 34.1 Å². The van der Waals surface area contributed by atoms with Crippen LogP contribution in [0.2, 0.25) is 0 Å². The summed E-state index contributed by atoms with van der Waals surface area (Å²) in [5, 5.41) is 5.93. The lowest BCUT2D eigenvalue weighted by molar-refractivity contribution is -0.124. The molecule has 4 aromatic rings. The van der Waals surface area contributed by atoms with E-state index in [1.807, 2.05) is 18.2 Å². The number of amides is 3. The zero-order valence-corrected chi connectivity index (χ0v) is 26.7. The van der Waals surface area contributed by atoms with E-state index in [2.05, 4.69) is 10.6 Å². The average Bonchev–Trinajstić information content (AvgIpc) is 3.49. The number of rotatable bonds is 4. The van der Waals surface area contributed by atoms with Gasteiger partial charge in [0.05, 0.1) is 26.8 Å². The van der Waals surface area contributed by atoms with Crippen LogP contribution in [0.1, 0.15) is 27.9 Å². The van der Waals surface area contributed by atoms with Gasteiger partial charge in [-0.1, -0.05) is 30.3 Å². The maximum atomic E-state index is 13.9. The van der Waals surface area contributed by atoms with Crippen molar-refractivity contribution in [3.63, 3.8) is 0 Å². The van der Waals surface area contributed by atoms with Crippen LogP contribution in [0.4, 0.5) is 4.39 Å². The molecule has 9 rings (SSSR count). The summed E-state index contributed by atoms with van der Waals surface area (Å²) in [5.41, 5.74) is 3.43. The van der Waals surface area contributed by atoms with Crippen molar-refractivity contribution < 1.29 is 37.7 Å². The van der Waals surface area contributed by atoms with Crippen molar-refractivity contribution in [2.24, 2.45) is 0 Å². The third kappa shape index (κ3) is 7.52. The number of methoxy groups -OCH3 is 2. The third-order valence-corrected chi connectivity index (χ3v) is 8.42. The Morgan fingerprint density at radius 3 is 2.44 bits per heavy atom. The molecule has 0 aromatic heterocycles. The van der Waals surface area contributed by atoms with Crippen molar-refractivity contribution in [2.75, 3.05) is 33.9 Å². The topological polar surface area (TPSA) is 115 Å². The second kappa shape index (κ2) is 14.5. The molecule has 48 heavy (non-hydrogen) atoms. The van der Waals surface area contributed by atoms with Crippen LogP contribution in [0, 0.1) is 5.82 Å². The largest absolute Gasteiger partial charge is 0.496 e. The molecule has 5 aliphatic rings. The van der Waals surface area contributed by atoms with E-state index < -0.39 is 18.1 Å². The monoisotopic (exact) mass is 653 g/mol. The molecule has 0 unspecified atom stereocenters. The van der Waals surface area contributed by atoms with Gasteiger partial charge < -0.3 is 34.5 Å². The van der Waals surface area contributed by atoms with Crippen LogP contribution < -0.4 is 29.6 Å². The highest BCUT2D eigenvalue weighted by atomic mass is 19.1. The fourth-order valence-electron chi connectivity index (χ4n) is 5.92. The highest BCUT2D eigenvalue weighted by Gasteiger charge is 2.38. The minimum Gasteiger partial charge on any atom is -0.496 e. The van der Waals surface area contributed by atoms with Gasteiger partial charge in [-0.25, -0.2) is 4.39 Å². The fourth-order valence-corrected chi connectivity index (χ4v) is 5.92. The number of likely N-dealkylation sites (tertiary alicyclic amines) is 1. The summed E-state index contributed by atoms with van der Waals surface area (Å²) in [5.74, 6) is 0.683. The normalized spacial score (nSPS) is 18.2. The Balaban J connectivity index is 1.27. The number of carbonyl (C=O) groups excluding carboxylic acids is 3. The molecular formula is C37H36FN3O7. The average molecular weight is 654 g/mol. The van der Waals surface area contributed by atoms with Crippen molar-refractivity contribution in [2.45, 2.75) is 31.5 Å². The van der Waals surface area contributed by atoms with Gasteiger partial charge in [0.25, 0.3) is 11.8 Å². The number of carbonyl (C=O) groups is 3. The highest BCUT2D eigenvalue weighted by molar-refractivity contribution is 5.96. The first-order chi connectivity index (χ1) is 23.3. The number of halogens is 1. The van der Waals surface area contributed by atoms with Gasteiger partial charge >= 0.3 is 0 Å². The first-order valence-electron chi connectivity index (χ1n) is 15.6. The summed E-state index contributed by atoms with van der Waals surface area (Å²) >= 11 is 0. The molecule has 3 amide bonds. The van der Waals surface area contributed by atoms with Crippen molar-refractivity contribution in [3.05, 3.63) is 107 Å². The van der Waals surface area contributed by atoms with Gasteiger partial charge in [-0.05, 0) is 71.6 Å². The van der Waals surface area contributed by atoms with Gasteiger partial charge in [0.1, 0.15) is 23.4 Å². The van der Waals surface area contributed by atoms with E-state index in [-0.39, 0.29) is 50.3 Å². The second-order valence-corrected chi connectivity index (χ2v) is 11.7. The minimum atomic E-state index is -0.612. The van der Waals surface area contributed by atoms with Crippen LogP contribution in [-0.4, -0.2) is 68.7 Å². The fraction of sp³-hybridized carbons (Fsp3) is 0.270. The molecule has 0 saturated carbocycles. The zero-order chi connectivity index (χ0) is 33.6. The van der Waals surface area contributed by atoms with E-state index in [1.54, 1.807) is 59.5 Å². The molecule has 1 saturated heterocycles. The van der Waals surface area contributed by atoms with Crippen LogP contribution in [0.3, 0.4) is 0 Å². The quantitative estimate of drug-likeness (QED) is 0.333. The highest BCUT2D eigenvalue weighted by Crippen LogP contribution is 2.30. The number of nitrogens with zero attached hydrogens (tertiary/aromatic N) is 1. The molecule has 2 atom stereocenters. The maximum absolute atomic E-state index is 13.9. The van der Waals surface area contributed by atoms with Gasteiger partial charge in [-0.2, -0.15) is 0 Å². The molecule has 0 aliphatic carbocycles. The van der Waals surface area contributed by atoms with E-state index in [1.165, 1.54) is 26.4 Å². The van der Waals surface area contributed by atoms with Gasteiger partial charge in [0.15, 0.2) is 18.1 Å². The summed E-state index contributed by atoms with van der Waals surface area (Å²) in [7, 11) is 3.05. The van der Waals surface area contributed by atoms with Crippen molar-refractivity contribution in [1.29, 1.82) is 0 Å². The molecule has 5 aliphatic heterocycles. The Bertz CT molecular complexity index is 1830. The number of ether oxygens (including phenoxy) is 4. The Morgan fingerprint density at radius 1 is 0.854 bits per heavy atom. The number of aryl methyl sites for hydroxylation is 1. The Labute approximate surface area is 277 Å². The van der Waals surface area contributed by atoms with E-state index in [0.717, 1.165) is 11.1 Å². The minimum absolute atomic E-state index is 0.122. The molecule has 5 heterocycles. The second-order valence-electron chi connectivity index (χ2n) is 11.7. The van der Waals surface area contributed by atoms with Gasteiger partial charge in [-0.3, -0.25) is 14.4 Å². The third-order valence-electron chi connectivity index (χ3n) is 8.42. The van der Waals surface area contributed by atoms with E-state index in [4.69, 9.17) is 18.9 Å². The van der Waals surface area contributed by atoms with Gasteiger partial charge in [0, 0.05) is 36.7 Å². The summed E-state index contributed by atoms with van der Waals surface area (Å²) in [6, 6.07) is 23.3. The summed E-state index contributed by atoms with van der Waals surface area (Å²) in [6.07, 6.45) is 0.141. The summed E-state index contributed by atoms with van der Waals surface area (Å²) < 4.78 is 37.2. The molecule has 0 spiro atoms. The van der Waals surface area contributed by atoms with Crippen LogP contribution in [0.25, 0.3) is 11.1 Å². The van der Waals surface area contributed by atoms with E-state index in [9.17, 15) is 18.8 Å². The molecule has 248 valence electrons. The Hall–Kier alpha value is -5.58. The molecular weight excluding hydrogens is 617 g/mol. The van der Waals surface area contributed by atoms with Gasteiger partial charge in [0.2, 0.25) is 5.91 Å². The first-order valence-corrected chi connectivity index (χ1v) is 15.6. The maximum Gasteiger partial charge on any atom is 0.258 e. The predicted octanol–water partition coefficient (Wildman–Crippen LogP) is 4.54. The lowest BCUT2D eigenvalue weighted by Crippen LogP contribution is -2.46. The molecule has 1 fully saturated rings. The molecule has 2 N–H and O–H groups in total. The molecule has 4 bridgehead atoms. The van der Waals surface area contributed by atoms with Crippen LogP contribution in [-0.2, 0) is 22.6 Å². The number of hydrogen-bond acceptors (Lipinski definition) is 7. The molecule has 11 heteroatoms. The Morgan fingerprint density at radius 2 is 1.65 bits per heavy atom. The van der Waals surface area contributed by atoms with E-state index >= 15 is 0 Å². The number of benzene rings is 4. The standard InChI is InChI=1S/C37H36FN3O7/c1-45-32-18-29-12-11-27(32)19-39-35(42)14-10-23-9-13-31(33(15-23)46-2)47-22-36(43)40-30-20-41(21-34(30)48-29)37(44)26-7-3-5-24(16-26)25-6-4-8-28(38)17-25/h3-9,11-13,15-18,30,34H,10,14,19-22H2,1-2H3,(H,39,42)(H,40,43)/t30-,34-/m1/s1. The van der Waals surface area contributed by atoms with Crippen molar-refractivity contribution >= 4 is 17.7 Å². The number of hydrogen-bond donors (Lipinski definition) is 2. The Kier molecular flexibility index (Phi) is 9.75. The molecule has 10 nitrogen and oxygen atoms in total. The lowest BCUT2D eigenvalue weighted by atomic mass is 10.0. The SMILES string of the molecule is COc1cc2ccc1CNC(=O)CCc1ccc(c(OC)c1)OCC(=O)N[C@@H]1CN(C(=O)c3cccc(-c4cccc(F)c4)c3)C[C@H]1O2. The van der Waals surface area contributed by atoms with Crippen molar-refractivity contribution in [1.82, 2.24) is 15.5 Å². The predicted molar refractivity (Wildman–Crippen MR) is 176 cm³/mol. The first kappa shape index (κ1) is 32.4. The smallest absolute Gasteiger partial charge is 0.258 e. The summed E-state index contributed by atoms with van der Waals surface area (Å²) in [6.45, 7) is 0.327. The summed E-state index contributed by atoms with van der Waals surface area (Å²) in [4.78, 5) is 41.3. The zero-order valence-electron chi connectivity index (χ0n) is 26.7. The number of nitrogens with one attached hydrogen (secondary N) is 2. The van der Waals surface area contributed by atoms with Gasteiger partial charge in [-0.15, -0.1) is 0 Å². The van der Waals surface area contributed by atoms with E-state index in [0.29, 0.717) is 46.1 Å². The van der Waals surface area contributed by atoms with Crippen LogP contribution >= 0.6 is 0 Å². The molecule has 0 radical (unpaired) electrons. The molecule has 4 aromatic carbocycles. The lowest BCUT2D eigenvalue weighted by Gasteiger charge is -2.22.